The lowest BCUT2D eigenvalue weighted by Gasteiger charge is -2.09. The Labute approximate surface area is 80.9 Å². The number of halogens is 2. The predicted molar refractivity (Wildman–Crippen MR) is 48.3 cm³/mol. The van der Waals surface area contributed by atoms with Gasteiger partial charge in [0.15, 0.2) is 11.6 Å². The Balaban J connectivity index is 2.42. The van der Waals surface area contributed by atoms with Gasteiger partial charge in [-0.25, -0.2) is 8.78 Å². The molecule has 4 heteroatoms. The maximum absolute atomic E-state index is 13.4. The Hall–Kier alpha value is -1.16. The van der Waals surface area contributed by atoms with E-state index in [4.69, 9.17) is 4.74 Å². The molecule has 76 valence electrons. The quantitative estimate of drug-likeness (QED) is 0.786. The summed E-state index contributed by atoms with van der Waals surface area (Å²) in [6, 6.07) is 1.99. The fraction of sp³-hybridized carbons (Fsp3) is 0.400. The van der Waals surface area contributed by atoms with Crippen molar-refractivity contribution in [1.82, 2.24) is 5.32 Å². The molecule has 2 rings (SSSR count). The van der Waals surface area contributed by atoms with Gasteiger partial charge < -0.3 is 10.1 Å². The predicted octanol–water partition coefficient (Wildman–Crippen LogP) is 2.01. The Morgan fingerprint density at radius 1 is 1.43 bits per heavy atom. The maximum atomic E-state index is 13.4. The lowest BCUT2D eigenvalue weighted by atomic mass is 10.1. The van der Waals surface area contributed by atoms with Crippen molar-refractivity contribution >= 4 is 0 Å². The van der Waals surface area contributed by atoms with Crippen molar-refractivity contribution < 1.29 is 13.5 Å². The van der Waals surface area contributed by atoms with Gasteiger partial charge in [-0.3, -0.25) is 0 Å². The van der Waals surface area contributed by atoms with Gasteiger partial charge in [0.05, 0.1) is 11.6 Å². The van der Waals surface area contributed by atoms with Crippen LogP contribution in [0.1, 0.15) is 18.5 Å². The zero-order valence-corrected chi connectivity index (χ0v) is 7.81. The zero-order chi connectivity index (χ0) is 10.1. The highest BCUT2D eigenvalue weighted by atomic mass is 19.1. The van der Waals surface area contributed by atoms with Gasteiger partial charge in [0.1, 0.15) is 12.4 Å². The highest BCUT2D eigenvalue weighted by molar-refractivity contribution is 5.41. The Morgan fingerprint density at radius 3 is 2.86 bits per heavy atom. The number of benzene rings is 1. The third-order valence-electron chi connectivity index (χ3n) is 2.29. The van der Waals surface area contributed by atoms with Crippen LogP contribution in [-0.4, -0.2) is 13.2 Å². The molecule has 0 aromatic heterocycles. The van der Waals surface area contributed by atoms with Crippen LogP contribution in [0, 0.1) is 11.6 Å². The second kappa shape index (κ2) is 3.53. The largest absolute Gasteiger partial charge is 0.488 e. The molecule has 0 bridgehead atoms. The second-order valence-corrected chi connectivity index (χ2v) is 3.19. The van der Waals surface area contributed by atoms with E-state index < -0.39 is 11.6 Å². The van der Waals surface area contributed by atoms with Gasteiger partial charge in [0.25, 0.3) is 0 Å². The van der Waals surface area contributed by atoms with Crippen LogP contribution in [0.2, 0.25) is 0 Å². The summed E-state index contributed by atoms with van der Waals surface area (Å²) >= 11 is 0. The molecule has 1 aliphatic rings. The monoisotopic (exact) mass is 199 g/mol. The van der Waals surface area contributed by atoms with Crippen LogP contribution in [0.25, 0.3) is 0 Å². The molecule has 1 N–H and O–H groups in total. The number of ether oxygens (including phenoxy) is 1. The van der Waals surface area contributed by atoms with Gasteiger partial charge in [-0.15, -0.1) is 0 Å². The van der Waals surface area contributed by atoms with E-state index in [1.54, 1.807) is 0 Å². The summed E-state index contributed by atoms with van der Waals surface area (Å²) in [4.78, 5) is 0. The van der Waals surface area contributed by atoms with E-state index in [0.717, 1.165) is 12.1 Å². The molecule has 1 atom stereocenters. The maximum Gasteiger partial charge on any atom is 0.165 e. The smallest absolute Gasteiger partial charge is 0.165 e. The highest BCUT2D eigenvalue weighted by Crippen LogP contribution is 2.36. The minimum absolute atomic E-state index is 0.0518. The molecule has 1 aromatic carbocycles. The summed E-state index contributed by atoms with van der Waals surface area (Å²) in [5.41, 5.74) is 0.312. The first-order valence-corrected chi connectivity index (χ1v) is 4.58. The van der Waals surface area contributed by atoms with Crippen LogP contribution in [0.3, 0.4) is 0 Å². The van der Waals surface area contributed by atoms with Crippen LogP contribution in [0.5, 0.6) is 5.75 Å². The van der Waals surface area contributed by atoms with Crippen molar-refractivity contribution in [1.29, 1.82) is 0 Å². The van der Waals surface area contributed by atoms with Crippen molar-refractivity contribution in [3.8, 4) is 5.75 Å². The summed E-state index contributed by atoms with van der Waals surface area (Å²) in [5, 5.41) is 3.04. The van der Waals surface area contributed by atoms with Crippen molar-refractivity contribution in [3.05, 3.63) is 29.3 Å². The molecule has 0 radical (unpaired) electrons. The number of hydrogen-bond acceptors (Lipinski definition) is 2. The average molecular weight is 199 g/mol. The minimum atomic E-state index is -0.498. The van der Waals surface area contributed by atoms with Gasteiger partial charge in [-0.05, 0) is 18.7 Å². The van der Waals surface area contributed by atoms with Gasteiger partial charge >= 0.3 is 0 Å². The molecule has 1 aliphatic heterocycles. The summed E-state index contributed by atoms with van der Waals surface area (Å²) in [6.07, 6.45) is 0. The number of nitrogens with one attached hydrogen (secondary N) is 1. The first kappa shape index (κ1) is 9.40. The molecular formula is C10H11F2NO. The zero-order valence-electron chi connectivity index (χ0n) is 7.81. The second-order valence-electron chi connectivity index (χ2n) is 3.19. The van der Waals surface area contributed by atoms with Crippen LogP contribution in [-0.2, 0) is 0 Å². The summed E-state index contributed by atoms with van der Waals surface area (Å²) in [6.45, 7) is 2.90. The van der Waals surface area contributed by atoms with E-state index in [1.165, 1.54) is 0 Å². The Kier molecular flexibility index (Phi) is 2.37. The fourth-order valence-corrected chi connectivity index (χ4v) is 1.68. The number of hydrogen-bond donors (Lipinski definition) is 1. The van der Waals surface area contributed by atoms with E-state index in [1.807, 2.05) is 6.92 Å². The lowest BCUT2D eigenvalue weighted by Crippen LogP contribution is -2.22. The molecule has 2 nitrogen and oxygen atoms in total. The molecule has 0 saturated carbocycles. The highest BCUT2D eigenvalue weighted by Gasteiger charge is 2.29. The topological polar surface area (TPSA) is 21.3 Å². The van der Waals surface area contributed by atoms with Gasteiger partial charge in [-0.1, -0.05) is 6.92 Å². The molecule has 1 aromatic rings. The van der Waals surface area contributed by atoms with Crippen LogP contribution in [0.4, 0.5) is 8.78 Å². The van der Waals surface area contributed by atoms with Crippen molar-refractivity contribution in [2.75, 3.05) is 13.2 Å². The standard InChI is InChI=1S/C10H11F2NO/c1-2-13-8-5-14-10-7(12)4-3-6(11)9(8)10/h3-4,8,13H,2,5H2,1H3. The molecule has 1 unspecified atom stereocenters. The number of rotatable bonds is 2. The Morgan fingerprint density at radius 2 is 2.14 bits per heavy atom. The minimum Gasteiger partial charge on any atom is -0.488 e. The van der Waals surface area contributed by atoms with Crippen molar-refractivity contribution in [2.45, 2.75) is 13.0 Å². The molecule has 14 heavy (non-hydrogen) atoms. The molecular weight excluding hydrogens is 188 g/mol. The van der Waals surface area contributed by atoms with E-state index in [2.05, 4.69) is 5.32 Å². The molecule has 0 spiro atoms. The van der Waals surface area contributed by atoms with Gasteiger partial charge in [0, 0.05) is 0 Å². The Bertz CT molecular complexity index is 354. The third-order valence-corrected chi connectivity index (χ3v) is 2.29. The first-order valence-electron chi connectivity index (χ1n) is 4.58. The summed E-state index contributed by atoms with van der Waals surface area (Å²) in [5.74, 6) is -0.859. The SMILES string of the molecule is CCNC1COc2c(F)ccc(F)c21. The van der Waals surface area contributed by atoms with Crippen LogP contribution in [0.15, 0.2) is 12.1 Å². The third kappa shape index (κ3) is 1.35. The van der Waals surface area contributed by atoms with Gasteiger partial charge in [0.2, 0.25) is 0 Å². The summed E-state index contributed by atoms with van der Waals surface area (Å²) < 4.78 is 31.6. The van der Waals surface area contributed by atoms with Crippen molar-refractivity contribution in [3.63, 3.8) is 0 Å². The normalized spacial score (nSPS) is 19.2. The molecule has 1 heterocycles. The molecule has 0 fully saturated rings. The lowest BCUT2D eigenvalue weighted by molar-refractivity contribution is 0.302. The number of likely N-dealkylation sites (N-methyl/N-ethyl adjacent to an activating group) is 1. The van der Waals surface area contributed by atoms with Gasteiger partial charge in [-0.2, -0.15) is 0 Å². The first-order chi connectivity index (χ1) is 6.74. The van der Waals surface area contributed by atoms with E-state index in [-0.39, 0.29) is 11.8 Å². The molecule has 0 saturated heterocycles. The average Bonchev–Trinajstić information content (AvgIpc) is 2.58. The van der Waals surface area contributed by atoms with Crippen LogP contribution >= 0.6 is 0 Å². The molecule has 0 amide bonds. The van der Waals surface area contributed by atoms with E-state index in [0.29, 0.717) is 18.7 Å². The fourth-order valence-electron chi connectivity index (χ4n) is 1.68. The molecule has 0 aliphatic carbocycles. The van der Waals surface area contributed by atoms with Crippen LogP contribution < -0.4 is 10.1 Å². The summed E-state index contributed by atoms with van der Waals surface area (Å²) in [7, 11) is 0. The van der Waals surface area contributed by atoms with E-state index in [9.17, 15) is 8.78 Å². The van der Waals surface area contributed by atoms with E-state index >= 15 is 0 Å². The number of fused-ring (bicyclic) bond motifs is 1. The van der Waals surface area contributed by atoms with Crippen molar-refractivity contribution in [2.24, 2.45) is 0 Å².